The van der Waals surface area contributed by atoms with Crippen molar-refractivity contribution in [3.63, 3.8) is 0 Å². The van der Waals surface area contributed by atoms with E-state index in [1.807, 2.05) is 62.4 Å². The zero-order valence-corrected chi connectivity index (χ0v) is 22.3. The number of benzene rings is 3. The number of piperazine rings is 1. The molecule has 1 heterocycles. The van der Waals surface area contributed by atoms with Gasteiger partial charge in [-0.25, -0.2) is 9.18 Å². The average molecular weight is 532 g/mol. The lowest BCUT2D eigenvalue weighted by Crippen LogP contribution is -2.50. The number of urea groups is 1. The van der Waals surface area contributed by atoms with Crippen LogP contribution in [0.5, 0.6) is 0 Å². The summed E-state index contributed by atoms with van der Waals surface area (Å²) < 4.78 is 14.1. The molecular weight excluding hydrogens is 497 g/mol. The van der Waals surface area contributed by atoms with Gasteiger partial charge in [-0.1, -0.05) is 31.2 Å². The van der Waals surface area contributed by atoms with Crippen LogP contribution in [0.2, 0.25) is 0 Å². The summed E-state index contributed by atoms with van der Waals surface area (Å²) in [6.07, 6.45) is 0.642. The van der Waals surface area contributed by atoms with E-state index < -0.39 is 11.7 Å². The van der Waals surface area contributed by atoms with E-state index in [-0.39, 0.29) is 24.0 Å². The van der Waals surface area contributed by atoms with Crippen molar-refractivity contribution in [2.75, 3.05) is 54.8 Å². The van der Waals surface area contributed by atoms with Crippen molar-refractivity contribution in [2.24, 2.45) is 0 Å². The molecule has 39 heavy (non-hydrogen) atoms. The maximum atomic E-state index is 14.1. The lowest BCUT2D eigenvalue weighted by atomic mass is 10.1. The molecule has 0 atom stereocenters. The zero-order chi connectivity index (χ0) is 27.8. The topological polar surface area (TPSA) is 85.0 Å². The molecule has 0 saturated carbocycles. The van der Waals surface area contributed by atoms with Gasteiger partial charge in [0.05, 0.1) is 5.56 Å². The quantitative estimate of drug-likeness (QED) is 0.430. The lowest BCUT2D eigenvalue weighted by Gasteiger charge is -2.36. The van der Waals surface area contributed by atoms with Crippen LogP contribution in [0.4, 0.5) is 26.2 Å². The number of aryl methyl sites for hydroxylation is 1. The van der Waals surface area contributed by atoms with E-state index in [9.17, 15) is 18.8 Å². The Kier molecular flexibility index (Phi) is 9.14. The lowest BCUT2D eigenvalue weighted by molar-refractivity contribution is -0.116. The number of halogens is 1. The molecule has 1 aliphatic heterocycles. The number of hydrogen-bond donors (Lipinski definition) is 2. The first-order chi connectivity index (χ1) is 18.8. The number of carbonyl (C=O) groups excluding carboxylic acids is 3. The normalized spacial score (nSPS) is 13.1. The summed E-state index contributed by atoms with van der Waals surface area (Å²) in [5, 5.41) is 5.78. The van der Waals surface area contributed by atoms with Gasteiger partial charge < -0.3 is 25.3 Å². The van der Waals surface area contributed by atoms with Crippen molar-refractivity contribution < 1.29 is 18.8 Å². The van der Waals surface area contributed by atoms with Crippen molar-refractivity contribution in [3.05, 3.63) is 89.7 Å². The summed E-state index contributed by atoms with van der Waals surface area (Å²) >= 11 is 0. The second-order valence-electron chi connectivity index (χ2n) is 9.58. The molecule has 3 aromatic carbocycles. The van der Waals surface area contributed by atoms with Crippen LogP contribution in [-0.4, -0.2) is 66.9 Å². The Balaban J connectivity index is 1.28. The summed E-state index contributed by atoms with van der Waals surface area (Å²) in [6, 6.07) is 20.9. The first-order valence-electron chi connectivity index (χ1n) is 13.2. The third kappa shape index (κ3) is 7.34. The zero-order valence-electron chi connectivity index (χ0n) is 22.3. The predicted octanol–water partition coefficient (Wildman–Crippen LogP) is 4.98. The molecule has 204 valence electrons. The molecule has 8 nitrogen and oxygen atoms in total. The van der Waals surface area contributed by atoms with Gasteiger partial charge in [-0.05, 0) is 67.4 Å². The van der Waals surface area contributed by atoms with Crippen LogP contribution in [0.3, 0.4) is 0 Å². The maximum absolute atomic E-state index is 14.1. The molecule has 1 saturated heterocycles. The van der Waals surface area contributed by atoms with E-state index in [0.29, 0.717) is 44.8 Å². The van der Waals surface area contributed by atoms with Crippen molar-refractivity contribution in [3.8, 4) is 0 Å². The SMILES string of the molecule is CCCN(CC(=O)Nc1ccc(N2CCN(C(=O)Nc3cccc(C)c3)CC2)cc1)C(=O)c1ccccc1F. The molecule has 0 aliphatic carbocycles. The molecule has 0 radical (unpaired) electrons. The smallest absolute Gasteiger partial charge is 0.321 e. The maximum Gasteiger partial charge on any atom is 0.321 e. The number of hydrogen-bond acceptors (Lipinski definition) is 4. The van der Waals surface area contributed by atoms with Crippen LogP contribution in [-0.2, 0) is 4.79 Å². The van der Waals surface area contributed by atoms with E-state index in [1.165, 1.54) is 23.1 Å². The Labute approximate surface area is 228 Å². The summed E-state index contributed by atoms with van der Waals surface area (Å²) in [6.45, 7) is 6.63. The molecule has 0 spiro atoms. The highest BCUT2D eigenvalue weighted by molar-refractivity contribution is 5.99. The minimum absolute atomic E-state index is 0.0455. The molecule has 4 amide bonds. The first-order valence-corrected chi connectivity index (χ1v) is 13.2. The average Bonchev–Trinajstić information content (AvgIpc) is 2.93. The molecule has 1 fully saturated rings. The summed E-state index contributed by atoms with van der Waals surface area (Å²) in [4.78, 5) is 43.5. The van der Waals surface area contributed by atoms with Gasteiger partial charge in [0.25, 0.3) is 5.91 Å². The highest BCUT2D eigenvalue weighted by atomic mass is 19.1. The molecular formula is C30H34FN5O3. The Hall–Kier alpha value is -4.40. The monoisotopic (exact) mass is 531 g/mol. The second kappa shape index (κ2) is 12.9. The summed E-state index contributed by atoms with van der Waals surface area (Å²) in [7, 11) is 0. The van der Waals surface area contributed by atoms with E-state index in [1.54, 1.807) is 11.0 Å². The Morgan fingerprint density at radius 2 is 1.59 bits per heavy atom. The molecule has 0 unspecified atom stereocenters. The van der Waals surface area contributed by atoms with Crippen molar-refractivity contribution >= 4 is 34.9 Å². The van der Waals surface area contributed by atoms with Gasteiger partial charge in [0.2, 0.25) is 5.91 Å². The molecule has 3 aromatic rings. The Morgan fingerprint density at radius 1 is 0.872 bits per heavy atom. The van der Waals surface area contributed by atoms with Gasteiger partial charge in [0.15, 0.2) is 0 Å². The fraction of sp³-hybridized carbons (Fsp3) is 0.300. The number of carbonyl (C=O) groups is 3. The van der Waals surface area contributed by atoms with Crippen LogP contribution in [0.15, 0.2) is 72.8 Å². The van der Waals surface area contributed by atoms with Gasteiger partial charge >= 0.3 is 6.03 Å². The highest BCUT2D eigenvalue weighted by Crippen LogP contribution is 2.20. The Bertz CT molecular complexity index is 1310. The van der Waals surface area contributed by atoms with Crippen molar-refractivity contribution in [2.45, 2.75) is 20.3 Å². The van der Waals surface area contributed by atoms with Crippen molar-refractivity contribution in [1.82, 2.24) is 9.80 Å². The minimum Gasteiger partial charge on any atom is -0.368 e. The number of nitrogens with zero attached hydrogens (tertiary/aromatic N) is 3. The predicted molar refractivity (Wildman–Crippen MR) is 152 cm³/mol. The molecule has 0 bridgehead atoms. The molecule has 1 aliphatic rings. The van der Waals surface area contributed by atoms with Gasteiger partial charge in [-0.3, -0.25) is 9.59 Å². The standard InChI is InChI=1S/C30H34FN5O3/c1-3-15-36(29(38)26-9-4-5-10-27(26)31)21-28(37)32-23-11-13-25(14-12-23)34-16-18-35(19-17-34)30(39)33-24-8-6-7-22(2)20-24/h4-14,20H,3,15-19,21H2,1-2H3,(H,32,37)(H,33,39). The molecule has 2 N–H and O–H groups in total. The summed E-state index contributed by atoms with van der Waals surface area (Å²) in [5.41, 5.74) is 3.43. The van der Waals surface area contributed by atoms with E-state index >= 15 is 0 Å². The third-order valence-corrected chi connectivity index (χ3v) is 6.57. The molecule has 9 heteroatoms. The van der Waals surface area contributed by atoms with Crippen LogP contribution in [0.25, 0.3) is 0 Å². The van der Waals surface area contributed by atoms with Gasteiger partial charge in [-0.15, -0.1) is 0 Å². The van der Waals surface area contributed by atoms with Crippen LogP contribution in [0.1, 0.15) is 29.3 Å². The minimum atomic E-state index is -0.604. The number of anilines is 3. The molecule has 4 rings (SSSR count). The molecule has 0 aromatic heterocycles. The van der Waals surface area contributed by atoms with Gasteiger partial charge in [0, 0.05) is 49.8 Å². The number of nitrogens with one attached hydrogen (secondary N) is 2. The van der Waals surface area contributed by atoms with Gasteiger partial charge in [-0.2, -0.15) is 0 Å². The highest BCUT2D eigenvalue weighted by Gasteiger charge is 2.23. The fourth-order valence-corrected chi connectivity index (χ4v) is 4.55. The van der Waals surface area contributed by atoms with Crippen LogP contribution < -0.4 is 15.5 Å². The number of amides is 4. The number of rotatable bonds is 8. The van der Waals surface area contributed by atoms with Crippen molar-refractivity contribution in [1.29, 1.82) is 0 Å². The largest absolute Gasteiger partial charge is 0.368 e. The van der Waals surface area contributed by atoms with Crippen LogP contribution in [0, 0.1) is 12.7 Å². The van der Waals surface area contributed by atoms with Gasteiger partial charge in [0.1, 0.15) is 12.4 Å². The first kappa shape index (κ1) is 27.6. The third-order valence-electron chi connectivity index (χ3n) is 6.57. The summed E-state index contributed by atoms with van der Waals surface area (Å²) in [5.74, 6) is -1.46. The second-order valence-corrected chi connectivity index (χ2v) is 9.58. The Morgan fingerprint density at radius 3 is 2.26 bits per heavy atom. The van der Waals surface area contributed by atoms with Crippen LogP contribution >= 0.6 is 0 Å². The van der Waals surface area contributed by atoms with E-state index in [0.717, 1.165) is 16.9 Å². The van der Waals surface area contributed by atoms with E-state index in [2.05, 4.69) is 15.5 Å². The van der Waals surface area contributed by atoms with E-state index in [4.69, 9.17) is 0 Å². The fourth-order valence-electron chi connectivity index (χ4n) is 4.55.